The zero-order chi connectivity index (χ0) is 17.9. The number of sulfonamides is 1. The van der Waals surface area contributed by atoms with Gasteiger partial charge in [-0.25, -0.2) is 13.4 Å². The first kappa shape index (κ1) is 17.4. The summed E-state index contributed by atoms with van der Waals surface area (Å²) in [4.78, 5) is 6.65. The molecule has 1 aliphatic rings. The van der Waals surface area contributed by atoms with E-state index < -0.39 is 10.0 Å². The molecule has 25 heavy (non-hydrogen) atoms. The molecule has 3 rings (SSSR count). The highest BCUT2D eigenvalue weighted by Crippen LogP contribution is 2.20. The molecule has 0 atom stereocenters. The van der Waals surface area contributed by atoms with Crippen LogP contribution in [-0.2, 0) is 16.4 Å². The van der Waals surface area contributed by atoms with Crippen LogP contribution in [0.5, 0.6) is 0 Å². The standard InChI is InChI=1S/C18H20N4O2S/c1-2-15-3-6-17(7-4-15)25(23,24)22-11-9-21(10-12-22)18-8-5-16(13-19)14-20-18/h3-8,14H,2,9-12H2,1H3. The van der Waals surface area contributed by atoms with Crippen molar-refractivity contribution in [3.05, 3.63) is 53.7 Å². The third kappa shape index (κ3) is 3.65. The maximum Gasteiger partial charge on any atom is 0.243 e. The molecule has 0 amide bonds. The summed E-state index contributed by atoms with van der Waals surface area (Å²) in [5, 5.41) is 8.83. The molecule has 130 valence electrons. The van der Waals surface area contributed by atoms with Gasteiger partial charge in [-0.3, -0.25) is 0 Å². The normalized spacial score (nSPS) is 15.8. The molecule has 0 N–H and O–H groups in total. The smallest absolute Gasteiger partial charge is 0.243 e. The summed E-state index contributed by atoms with van der Waals surface area (Å²) < 4.78 is 27.1. The van der Waals surface area contributed by atoms with Gasteiger partial charge < -0.3 is 4.90 Å². The monoisotopic (exact) mass is 356 g/mol. The van der Waals surface area contributed by atoms with Gasteiger partial charge in [0.2, 0.25) is 10.0 Å². The van der Waals surface area contributed by atoms with E-state index in [2.05, 4.69) is 4.98 Å². The van der Waals surface area contributed by atoms with Crippen LogP contribution in [0.1, 0.15) is 18.1 Å². The highest BCUT2D eigenvalue weighted by Gasteiger charge is 2.28. The number of anilines is 1. The Morgan fingerprint density at radius 3 is 2.28 bits per heavy atom. The lowest BCUT2D eigenvalue weighted by atomic mass is 10.2. The number of benzene rings is 1. The summed E-state index contributed by atoms with van der Waals surface area (Å²) in [6.07, 6.45) is 2.42. The molecule has 1 aromatic heterocycles. The van der Waals surface area contributed by atoms with Crippen molar-refractivity contribution in [3.8, 4) is 6.07 Å². The molecule has 1 aromatic carbocycles. The van der Waals surface area contributed by atoms with E-state index >= 15 is 0 Å². The van der Waals surface area contributed by atoms with E-state index in [1.165, 1.54) is 10.5 Å². The lowest BCUT2D eigenvalue weighted by molar-refractivity contribution is 0.384. The van der Waals surface area contributed by atoms with Crippen molar-refractivity contribution in [2.45, 2.75) is 18.2 Å². The van der Waals surface area contributed by atoms with Crippen LogP contribution >= 0.6 is 0 Å². The molecule has 0 bridgehead atoms. The minimum absolute atomic E-state index is 0.342. The Morgan fingerprint density at radius 1 is 1.08 bits per heavy atom. The molecule has 0 spiro atoms. The van der Waals surface area contributed by atoms with Gasteiger partial charge in [0.05, 0.1) is 10.5 Å². The first-order valence-corrected chi connectivity index (χ1v) is 9.69. The van der Waals surface area contributed by atoms with E-state index in [9.17, 15) is 8.42 Å². The van der Waals surface area contributed by atoms with Crippen molar-refractivity contribution >= 4 is 15.8 Å². The second-order valence-electron chi connectivity index (χ2n) is 5.91. The van der Waals surface area contributed by atoms with Crippen LogP contribution < -0.4 is 4.90 Å². The molecule has 0 saturated carbocycles. The highest BCUT2D eigenvalue weighted by molar-refractivity contribution is 7.89. The Bertz CT molecular complexity index is 863. The minimum atomic E-state index is -3.46. The van der Waals surface area contributed by atoms with Gasteiger partial charge in [0.1, 0.15) is 11.9 Å². The summed E-state index contributed by atoms with van der Waals surface area (Å²) >= 11 is 0. The lowest BCUT2D eigenvalue weighted by Gasteiger charge is -2.34. The topological polar surface area (TPSA) is 77.3 Å². The van der Waals surface area contributed by atoms with E-state index in [-0.39, 0.29) is 0 Å². The molecular formula is C18H20N4O2S. The molecule has 2 heterocycles. The average Bonchev–Trinajstić information content (AvgIpc) is 2.68. The third-order valence-corrected chi connectivity index (χ3v) is 6.32. The summed E-state index contributed by atoms with van der Waals surface area (Å²) in [6, 6.07) is 12.7. The quantitative estimate of drug-likeness (QED) is 0.838. The molecule has 2 aromatic rings. The van der Waals surface area contributed by atoms with Crippen molar-refractivity contribution in [1.82, 2.24) is 9.29 Å². The zero-order valence-corrected chi connectivity index (χ0v) is 14.9. The van der Waals surface area contributed by atoms with Crippen LogP contribution in [0, 0.1) is 11.3 Å². The Balaban J connectivity index is 1.69. The summed E-state index contributed by atoms with van der Waals surface area (Å²) in [7, 11) is -3.46. The number of pyridine rings is 1. The maximum absolute atomic E-state index is 12.8. The Labute approximate surface area is 148 Å². The number of rotatable bonds is 4. The second-order valence-corrected chi connectivity index (χ2v) is 7.84. The van der Waals surface area contributed by atoms with Gasteiger partial charge in [-0.1, -0.05) is 19.1 Å². The molecule has 0 unspecified atom stereocenters. The first-order valence-electron chi connectivity index (χ1n) is 8.25. The van der Waals surface area contributed by atoms with Gasteiger partial charge in [-0.2, -0.15) is 9.57 Å². The number of piperazine rings is 1. The average molecular weight is 356 g/mol. The van der Waals surface area contributed by atoms with E-state index in [0.717, 1.165) is 17.8 Å². The SMILES string of the molecule is CCc1ccc(S(=O)(=O)N2CCN(c3ccc(C#N)cn3)CC2)cc1. The van der Waals surface area contributed by atoms with Gasteiger partial charge in [0.25, 0.3) is 0 Å². The number of hydrogen-bond acceptors (Lipinski definition) is 5. The number of aromatic nitrogens is 1. The molecule has 0 radical (unpaired) electrons. The molecule has 1 aliphatic heterocycles. The van der Waals surface area contributed by atoms with E-state index in [0.29, 0.717) is 36.6 Å². The summed E-state index contributed by atoms with van der Waals surface area (Å²) in [5.41, 5.74) is 1.64. The van der Waals surface area contributed by atoms with Crippen molar-refractivity contribution in [1.29, 1.82) is 5.26 Å². The van der Waals surface area contributed by atoms with Gasteiger partial charge in [0.15, 0.2) is 0 Å². The fourth-order valence-electron chi connectivity index (χ4n) is 2.84. The fourth-order valence-corrected chi connectivity index (χ4v) is 4.27. The Kier molecular flexibility index (Phi) is 5.02. The third-order valence-electron chi connectivity index (χ3n) is 4.41. The van der Waals surface area contributed by atoms with Gasteiger partial charge >= 0.3 is 0 Å². The van der Waals surface area contributed by atoms with E-state index in [1.807, 2.05) is 30.0 Å². The largest absolute Gasteiger partial charge is 0.354 e. The van der Waals surface area contributed by atoms with Crippen molar-refractivity contribution < 1.29 is 8.42 Å². The first-order chi connectivity index (χ1) is 12.0. The van der Waals surface area contributed by atoms with Crippen LogP contribution in [-0.4, -0.2) is 43.9 Å². The van der Waals surface area contributed by atoms with E-state index in [1.54, 1.807) is 24.3 Å². The van der Waals surface area contributed by atoms with Crippen molar-refractivity contribution in [2.75, 3.05) is 31.1 Å². The molecule has 0 aliphatic carbocycles. The Hall–Kier alpha value is -2.43. The van der Waals surface area contributed by atoms with Crippen LogP contribution in [0.4, 0.5) is 5.82 Å². The number of aryl methyl sites for hydroxylation is 1. The molecule has 1 saturated heterocycles. The van der Waals surface area contributed by atoms with Crippen molar-refractivity contribution in [3.63, 3.8) is 0 Å². The summed E-state index contributed by atoms with van der Waals surface area (Å²) in [6.45, 7) is 4.02. The predicted molar refractivity (Wildman–Crippen MR) is 95.7 cm³/mol. The second kappa shape index (κ2) is 7.21. The van der Waals surface area contributed by atoms with Gasteiger partial charge in [-0.05, 0) is 36.2 Å². The van der Waals surface area contributed by atoms with Gasteiger partial charge in [-0.15, -0.1) is 0 Å². The Morgan fingerprint density at radius 2 is 1.76 bits per heavy atom. The van der Waals surface area contributed by atoms with Crippen LogP contribution in [0.15, 0.2) is 47.5 Å². The van der Waals surface area contributed by atoms with Gasteiger partial charge in [0, 0.05) is 32.4 Å². The minimum Gasteiger partial charge on any atom is -0.354 e. The van der Waals surface area contributed by atoms with Crippen LogP contribution in [0.2, 0.25) is 0 Å². The van der Waals surface area contributed by atoms with E-state index in [4.69, 9.17) is 5.26 Å². The molecule has 6 nitrogen and oxygen atoms in total. The van der Waals surface area contributed by atoms with Crippen molar-refractivity contribution in [2.24, 2.45) is 0 Å². The summed E-state index contributed by atoms with van der Waals surface area (Å²) in [5.74, 6) is 0.767. The molecule has 1 fully saturated rings. The molecule has 7 heteroatoms. The number of nitriles is 1. The fraction of sp³-hybridized carbons (Fsp3) is 0.333. The maximum atomic E-state index is 12.8. The molecular weight excluding hydrogens is 336 g/mol. The number of hydrogen-bond donors (Lipinski definition) is 0. The van der Waals surface area contributed by atoms with Crippen LogP contribution in [0.25, 0.3) is 0 Å². The predicted octanol–water partition coefficient (Wildman–Crippen LogP) is 2.03. The lowest BCUT2D eigenvalue weighted by Crippen LogP contribution is -2.48. The highest BCUT2D eigenvalue weighted by atomic mass is 32.2. The van der Waals surface area contributed by atoms with Crippen LogP contribution in [0.3, 0.4) is 0 Å². The number of nitrogens with zero attached hydrogens (tertiary/aromatic N) is 4. The zero-order valence-electron chi connectivity index (χ0n) is 14.1.